The summed E-state index contributed by atoms with van der Waals surface area (Å²) in [6, 6.07) is 2.19. The van der Waals surface area contributed by atoms with Gasteiger partial charge in [0.2, 0.25) is 5.91 Å². The van der Waals surface area contributed by atoms with Gasteiger partial charge in [0.25, 0.3) is 0 Å². The third kappa shape index (κ3) is 3.62. The largest absolute Gasteiger partial charge is 0.342 e. The zero-order valence-electron chi connectivity index (χ0n) is 27.3. The fourth-order valence-electron chi connectivity index (χ4n) is 11.8. The maximum atomic E-state index is 14.7. The standard InChI is InChI=1S/C37H52N2O3/c1-22-11-17-39(18-12-22)32(42)37(8)28-10-14-36(7)30(34(28,5)20-25(21-38)31(37)41)27(40)19-26-29-24(3)23(2)9-13-33(29,4)15-16-35(26,36)6/h19-20,22-24,28-30H,9-18H2,1-8H3/t23-,24+,28-,29+,30-,33-,34+,35-,36-,37-/m1/s1. The summed E-state index contributed by atoms with van der Waals surface area (Å²) in [5, 5.41) is 10.2. The van der Waals surface area contributed by atoms with E-state index in [1.165, 1.54) is 24.8 Å². The molecule has 5 aliphatic carbocycles. The highest BCUT2D eigenvalue weighted by Crippen LogP contribution is 2.74. The number of carbonyl (C=O) groups is 3. The molecule has 6 aliphatic rings. The van der Waals surface area contributed by atoms with Gasteiger partial charge in [-0.2, -0.15) is 5.26 Å². The lowest BCUT2D eigenvalue weighted by Gasteiger charge is -2.69. The van der Waals surface area contributed by atoms with Gasteiger partial charge in [-0.05, 0) is 110 Å². The van der Waals surface area contributed by atoms with Crippen LogP contribution in [0.1, 0.15) is 107 Å². The van der Waals surface area contributed by atoms with Crippen LogP contribution in [0, 0.1) is 73.9 Å². The Hall–Kier alpha value is -2.22. The van der Waals surface area contributed by atoms with Gasteiger partial charge < -0.3 is 4.90 Å². The maximum Gasteiger partial charge on any atom is 0.236 e. The molecule has 0 aromatic rings. The number of nitriles is 1. The van der Waals surface area contributed by atoms with Gasteiger partial charge in [-0.15, -0.1) is 0 Å². The van der Waals surface area contributed by atoms with Crippen LogP contribution in [-0.2, 0) is 14.4 Å². The zero-order chi connectivity index (χ0) is 30.6. The Bertz CT molecular complexity index is 1330. The number of nitrogens with zero attached hydrogens (tertiary/aromatic N) is 2. The summed E-state index contributed by atoms with van der Waals surface area (Å²) in [7, 11) is 0. The van der Waals surface area contributed by atoms with Crippen LogP contribution in [0.5, 0.6) is 0 Å². The number of fused-ring (bicyclic) bond motifs is 7. The van der Waals surface area contributed by atoms with Crippen molar-refractivity contribution in [2.45, 2.75) is 107 Å². The molecule has 42 heavy (non-hydrogen) atoms. The molecule has 228 valence electrons. The first-order chi connectivity index (χ1) is 19.6. The number of allylic oxidation sites excluding steroid dienone is 4. The summed E-state index contributed by atoms with van der Waals surface area (Å²) >= 11 is 0. The summed E-state index contributed by atoms with van der Waals surface area (Å²) in [5.41, 5.74) is -0.877. The minimum Gasteiger partial charge on any atom is -0.342 e. The highest BCUT2D eigenvalue weighted by atomic mass is 16.2. The minimum absolute atomic E-state index is 0.0675. The van der Waals surface area contributed by atoms with Gasteiger partial charge in [0.05, 0.1) is 5.57 Å². The van der Waals surface area contributed by atoms with E-state index in [-0.39, 0.29) is 51.1 Å². The van der Waals surface area contributed by atoms with Crippen molar-refractivity contribution in [1.29, 1.82) is 5.26 Å². The van der Waals surface area contributed by atoms with Crippen molar-refractivity contribution in [3.8, 4) is 6.07 Å². The molecule has 6 rings (SSSR count). The molecule has 1 heterocycles. The highest BCUT2D eigenvalue weighted by molar-refractivity contribution is 6.16. The lowest BCUT2D eigenvalue weighted by molar-refractivity contribution is -0.180. The zero-order valence-corrected chi connectivity index (χ0v) is 27.3. The molecule has 0 unspecified atom stereocenters. The third-order valence-electron chi connectivity index (χ3n) is 14.8. The van der Waals surface area contributed by atoms with E-state index in [1.807, 2.05) is 17.1 Å². The Labute approximate surface area is 253 Å². The summed E-state index contributed by atoms with van der Waals surface area (Å²) < 4.78 is 0. The van der Waals surface area contributed by atoms with E-state index in [0.29, 0.717) is 43.2 Å². The van der Waals surface area contributed by atoms with E-state index in [9.17, 15) is 19.6 Å². The van der Waals surface area contributed by atoms with E-state index in [4.69, 9.17) is 0 Å². The van der Waals surface area contributed by atoms with Crippen molar-refractivity contribution in [2.24, 2.45) is 62.6 Å². The van der Waals surface area contributed by atoms with Crippen molar-refractivity contribution in [1.82, 2.24) is 4.90 Å². The Morgan fingerprint density at radius 2 is 1.60 bits per heavy atom. The molecule has 0 radical (unpaired) electrons. The van der Waals surface area contributed by atoms with Gasteiger partial charge in [-0.1, -0.05) is 60.1 Å². The quantitative estimate of drug-likeness (QED) is 0.308. The SMILES string of the molecule is CC1CCN(C(=O)[C@@]2(C)C(=O)C(C#N)=C[C@]3(C)[C@H]4C(=O)C=C5[C@@H]6[C@@H](C)[C@H](C)CC[C@]6(C)CC[C@@]5(C)[C@]4(C)CC[C@@H]23)CC1. The normalized spacial score (nSPS) is 49.0. The van der Waals surface area contributed by atoms with Gasteiger partial charge >= 0.3 is 0 Å². The van der Waals surface area contributed by atoms with Crippen molar-refractivity contribution in [3.63, 3.8) is 0 Å². The lowest BCUT2D eigenvalue weighted by Crippen LogP contribution is -2.68. The molecule has 5 heteroatoms. The van der Waals surface area contributed by atoms with Crippen LogP contribution in [0.2, 0.25) is 0 Å². The summed E-state index contributed by atoms with van der Waals surface area (Å²) in [5.74, 6) is 1.11. The molecule has 10 atom stereocenters. The second-order valence-corrected chi connectivity index (χ2v) is 16.8. The van der Waals surface area contributed by atoms with Gasteiger partial charge in [0, 0.05) is 24.4 Å². The number of piperidine rings is 1. The Balaban J connectivity index is 1.48. The number of likely N-dealkylation sites (tertiary alicyclic amines) is 1. The summed E-state index contributed by atoms with van der Waals surface area (Å²) in [6.45, 7) is 19.4. The van der Waals surface area contributed by atoms with E-state index >= 15 is 0 Å². The van der Waals surface area contributed by atoms with Crippen molar-refractivity contribution in [2.75, 3.05) is 13.1 Å². The van der Waals surface area contributed by atoms with Crippen LogP contribution in [0.25, 0.3) is 0 Å². The minimum atomic E-state index is -1.33. The number of Topliss-reactive ketones (excluding diaryl/α,β-unsaturated/α-hetero) is 1. The van der Waals surface area contributed by atoms with Gasteiger partial charge in [-0.25, -0.2) is 0 Å². The molecule has 0 spiro atoms. The smallest absolute Gasteiger partial charge is 0.236 e. The van der Waals surface area contributed by atoms with E-state index in [0.717, 1.165) is 25.7 Å². The number of carbonyl (C=O) groups excluding carboxylic acids is 3. The molecule has 3 saturated carbocycles. The molecule has 0 bridgehead atoms. The number of hydrogen-bond donors (Lipinski definition) is 0. The number of amides is 1. The molecule has 1 aliphatic heterocycles. The predicted octanol–water partition coefficient (Wildman–Crippen LogP) is 7.32. The molecule has 1 amide bonds. The van der Waals surface area contributed by atoms with Crippen LogP contribution < -0.4 is 0 Å². The topological polar surface area (TPSA) is 78.2 Å². The summed E-state index contributed by atoms with van der Waals surface area (Å²) in [6.07, 6.45) is 12.0. The fraction of sp³-hybridized carbons (Fsp3) is 0.784. The second kappa shape index (κ2) is 9.39. The molecule has 1 saturated heterocycles. The average molecular weight is 573 g/mol. The number of rotatable bonds is 1. The van der Waals surface area contributed by atoms with Gasteiger partial charge in [-0.3, -0.25) is 14.4 Å². The van der Waals surface area contributed by atoms with Crippen molar-refractivity contribution >= 4 is 17.5 Å². The average Bonchev–Trinajstić information content (AvgIpc) is 2.94. The highest BCUT2D eigenvalue weighted by Gasteiger charge is 2.72. The molecular weight excluding hydrogens is 520 g/mol. The molecule has 0 aromatic carbocycles. The Morgan fingerprint density at radius 1 is 0.929 bits per heavy atom. The van der Waals surface area contributed by atoms with E-state index in [1.54, 1.807) is 6.92 Å². The van der Waals surface area contributed by atoms with Crippen molar-refractivity contribution < 1.29 is 14.4 Å². The van der Waals surface area contributed by atoms with Gasteiger partial charge in [0.15, 0.2) is 11.6 Å². The first-order valence-electron chi connectivity index (χ1n) is 16.8. The third-order valence-corrected chi connectivity index (χ3v) is 14.8. The van der Waals surface area contributed by atoms with Crippen molar-refractivity contribution in [3.05, 3.63) is 23.3 Å². The lowest BCUT2D eigenvalue weighted by atomic mass is 9.33. The fourth-order valence-corrected chi connectivity index (χ4v) is 11.8. The molecule has 0 aromatic heterocycles. The molecule has 0 N–H and O–H groups in total. The summed E-state index contributed by atoms with van der Waals surface area (Å²) in [4.78, 5) is 45.0. The van der Waals surface area contributed by atoms with E-state index in [2.05, 4.69) is 54.5 Å². The van der Waals surface area contributed by atoms with Crippen LogP contribution >= 0.6 is 0 Å². The van der Waals surface area contributed by atoms with Crippen LogP contribution in [0.3, 0.4) is 0 Å². The molecule has 5 nitrogen and oxygen atoms in total. The number of hydrogen-bond acceptors (Lipinski definition) is 4. The van der Waals surface area contributed by atoms with Gasteiger partial charge in [0.1, 0.15) is 11.5 Å². The molecule has 4 fully saturated rings. The predicted molar refractivity (Wildman–Crippen MR) is 164 cm³/mol. The van der Waals surface area contributed by atoms with E-state index < -0.39 is 10.8 Å². The van der Waals surface area contributed by atoms with Crippen LogP contribution in [-0.4, -0.2) is 35.5 Å². The monoisotopic (exact) mass is 572 g/mol. The first kappa shape index (κ1) is 29.8. The van der Waals surface area contributed by atoms with Crippen LogP contribution in [0.15, 0.2) is 23.3 Å². The Kier molecular flexibility index (Phi) is 6.67. The second-order valence-electron chi connectivity index (χ2n) is 16.8. The first-order valence-corrected chi connectivity index (χ1v) is 16.8. The molecular formula is C37H52N2O3. The number of ketones is 2. The van der Waals surface area contributed by atoms with Crippen LogP contribution in [0.4, 0.5) is 0 Å². The maximum absolute atomic E-state index is 14.7. The Morgan fingerprint density at radius 3 is 2.24 bits per heavy atom.